The van der Waals surface area contributed by atoms with Crippen molar-refractivity contribution in [1.82, 2.24) is 10.6 Å². The molecule has 9 heteroatoms. The van der Waals surface area contributed by atoms with Gasteiger partial charge in [0.15, 0.2) is 5.76 Å². The second kappa shape index (κ2) is 11.8. The van der Waals surface area contributed by atoms with Gasteiger partial charge in [0.25, 0.3) is 5.91 Å². The van der Waals surface area contributed by atoms with Gasteiger partial charge in [-0.2, -0.15) is 0 Å². The van der Waals surface area contributed by atoms with E-state index in [-0.39, 0.29) is 18.8 Å². The molecule has 9 nitrogen and oxygen atoms in total. The van der Waals surface area contributed by atoms with E-state index in [4.69, 9.17) is 13.6 Å². The Kier molecular flexibility index (Phi) is 8.05. The Labute approximate surface area is 214 Å². The largest absolute Gasteiger partial charge is 0.495 e. The Morgan fingerprint density at radius 2 is 1.68 bits per heavy atom. The first kappa shape index (κ1) is 25.3. The van der Waals surface area contributed by atoms with Crippen molar-refractivity contribution in [3.8, 4) is 5.75 Å². The summed E-state index contributed by atoms with van der Waals surface area (Å²) in [7, 11) is 1.49. The molecule has 0 spiro atoms. The summed E-state index contributed by atoms with van der Waals surface area (Å²) in [6, 6.07) is 19.7. The highest BCUT2D eigenvalue weighted by Gasteiger charge is 2.34. The molecule has 4 rings (SSSR count). The highest BCUT2D eigenvalue weighted by atomic mass is 16.5. The summed E-state index contributed by atoms with van der Waals surface area (Å²) in [5.74, 6) is -0.466. The van der Waals surface area contributed by atoms with Crippen LogP contribution in [0.25, 0.3) is 0 Å². The lowest BCUT2D eigenvalue weighted by Gasteiger charge is -2.32. The van der Waals surface area contributed by atoms with Crippen LogP contribution >= 0.6 is 0 Å². The highest BCUT2D eigenvalue weighted by Crippen LogP contribution is 2.36. The van der Waals surface area contributed by atoms with Crippen LogP contribution in [0.2, 0.25) is 0 Å². The van der Waals surface area contributed by atoms with Crippen LogP contribution in [0.1, 0.15) is 33.5 Å². The molecule has 190 valence electrons. The Morgan fingerprint density at radius 1 is 0.919 bits per heavy atom. The third-order valence-electron chi connectivity index (χ3n) is 5.65. The maximum absolute atomic E-state index is 13.8. The van der Waals surface area contributed by atoms with E-state index in [0.29, 0.717) is 22.8 Å². The fraction of sp³-hybridized carbons (Fsp3) is 0.179. The van der Waals surface area contributed by atoms with Crippen molar-refractivity contribution < 1.29 is 28.0 Å². The van der Waals surface area contributed by atoms with Crippen LogP contribution in [0.5, 0.6) is 5.75 Å². The predicted molar refractivity (Wildman–Crippen MR) is 136 cm³/mol. The zero-order chi connectivity index (χ0) is 26.2. The summed E-state index contributed by atoms with van der Waals surface area (Å²) >= 11 is 0. The number of hydrogen-bond acceptors (Lipinski definition) is 6. The molecule has 0 aliphatic heterocycles. The first-order valence-corrected chi connectivity index (χ1v) is 11.6. The summed E-state index contributed by atoms with van der Waals surface area (Å²) < 4.78 is 16.0. The predicted octanol–water partition coefficient (Wildman–Crippen LogP) is 4.01. The van der Waals surface area contributed by atoms with E-state index in [2.05, 4.69) is 10.6 Å². The van der Waals surface area contributed by atoms with Crippen LogP contribution in [0, 0.1) is 6.92 Å². The SMILES string of the molecule is COc1ccc(C)cc1N(C(=O)CNC(=O)c1ccco1)C(C(=O)NCc1ccco1)c1ccccc1. The van der Waals surface area contributed by atoms with Gasteiger partial charge in [0, 0.05) is 0 Å². The number of methoxy groups -OCH3 is 1. The number of hydrogen-bond donors (Lipinski definition) is 2. The molecule has 1 unspecified atom stereocenters. The van der Waals surface area contributed by atoms with Crippen LogP contribution in [0.15, 0.2) is 94.2 Å². The fourth-order valence-corrected chi connectivity index (χ4v) is 3.88. The number of nitrogens with one attached hydrogen (secondary N) is 2. The van der Waals surface area contributed by atoms with Gasteiger partial charge in [-0.15, -0.1) is 0 Å². The van der Waals surface area contributed by atoms with Crippen molar-refractivity contribution in [2.45, 2.75) is 19.5 Å². The lowest BCUT2D eigenvalue weighted by atomic mass is 10.0. The minimum Gasteiger partial charge on any atom is -0.495 e. The summed E-state index contributed by atoms with van der Waals surface area (Å²) in [6.45, 7) is 1.63. The molecule has 1 atom stereocenters. The van der Waals surface area contributed by atoms with Crippen molar-refractivity contribution in [1.29, 1.82) is 0 Å². The Morgan fingerprint density at radius 3 is 2.35 bits per heavy atom. The van der Waals surface area contributed by atoms with Crippen molar-refractivity contribution in [3.63, 3.8) is 0 Å². The zero-order valence-corrected chi connectivity index (χ0v) is 20.5. The topological polar surface area (TPSA) is 114 Å². The van der Waals surface area contributed by atoms with Crippen LogP contribution in [0.3, 0.4) is 0 Å². The summed E-state index contributed by atoms with van der Waals surface area (Å²) in [4.78, 5) is 41.3. The molecule has 37 heavy (non-hydrogen) atoms. The monoisotopic (exact) mass is 501 g/mol. The van der Waals surface area contributed by atoms with Crippen LogP contribution in [-0.2, 0) is 16.1 Å². The first-order chi connectivity index (χ1) is 18.0. The van der Waals surface area contributed by atoms with Gasteiger partial charge in [0.05, 0.1) is 38.4 Å². The minimum atomic E-state index is -1.07. The summed E-state index contributed by atoms with van der Waals surface area (Å²) in [5.41, 5.74) is 1.83. The van der Waals surface area contributed by atoms with E-state index in [1.54, 1.807) is 54.6 Å². The molecule has 4 aromatic rings. The number of anilines is 1. The minimum absolute atomic E-state index is 0.0725. The molecule has 2 N–H and O–H groups in total. The fourth-order valence-electron chi connectivity index (χ4n) is 3.88. The van der Waals surface area contributed by atoms with E-state index in [1.165, 1.54) is 30.6 Å². The maximum Gasteiger partial charge on any atom is 0.287 e. The molecule has 0 fully saturated rings. The Hall–Kier alpha value is -4.79. The van der Waals surface area contributed by atoms with Gasteiger partial charge in [-0.1, -0.05) is 36.4 Å². The highest BCUT2D eigenvalue weighted by molar-refractivity contribution is 6.05. The average molecular weight is 502 g/mol. The van der Waals surface area contributed by atoms with E-state index < -0.39 is 23.8 Å². The van der Waals surface area contributed by atoms with Gasteiger partial charge in [-0.05, 0) is 54.4 Å². The second-order valence-electron chi connectivity index (χ2n) is 8.21. The standard InChI is InChI=1S/C28H27N3O6/c1-19-12-13-23(35-2)22(16-19)31(25(32)18-30-27(33)24-11-7-15-37-24)26(20-8-4-3-5-9-20)28(34)29-17-21-10-6-14-36-21/h3-16,26H,17-18H2,1-2H3,(H,29,34)(H,30,33). The number of furan rings is 2. The molecule has 0 aliphatic carbocycles. The maximum atomic E-state index is 13.8. The van der Waals surface area contributed by atoms with Gasteiger partial charge >= 0.3 is 0 Å². The molecule has 0 bridgehead atoms. The number of carbonyl (C=O) groups is 3. The van der Waals surface area contributed by atoms with Crippen LogP contribution < -0.4 is 20.3 Å². The normalized spacial score (nSPS) is 11.4. The number of carbonyl (C=O) groups excluding carboxylic acids is 3. The Bertz CT molecular complexity index is 1330. The third kappa shape index (κ3) is 6.07. The first-order valence-electron chi connectivity index (χ1n) is 11.6. The lowest BCUT2D eigenvalue weighted by Crippen LogP contribution is -2.47. The quantitative estimate of drug-likeness (QED) is 0.339. The number of amides is 3. The van der Waals surface area contributed by atoms with Crippen molar-refractivity contribution in [2.75, 3.05) is 18.6 Å². The molecule has 2 aromatic heterocycles. The molecule has 0 saturated heterocycles. The average Bonchev–Trinajstić information content (AvgIpc) is 3.64. The number of nitrogens with zero attached hydrogens (tertiary/aromatic N) is 1. The molecular formula is C28H27N3O6. The summed E-state index contributed by atoms with van der Waals surface area (Å²) in [5, 5.41) is 5.43. The molecule has 2 aromatic carbocycles. The Balaban J connectivity index is 1.72. The third-order valence-corrected chi connectivity index (χ3v) is 5.65. The summed E-state index contributed by atoms with van der Waals surface area (Å²) in [6.07, 6.45) is 2.89. The van der Waals surface area contributed by atoms with Crippen molar-refractivity contribution in [2.24, 2.45) is 0 Å². The number of ether oxygens (including phenoxy) is 1. The molecule has 3 amide bonds. The number of aryl methyl sites for hydroxylation is 1. The van der Waals surface area contributed by atoms with Gasteiger partial charge in [-0.3, -0.25) is 19.3 Å². The van der Waals surface area contributed by atoms with Crippen molar-refractivity contribution >= 4 is 23.4 Å². The molecule has 0 aliphatic rings. The van der Waals surface area contributed by atoms with Gasteiger partial charge < -0.3 is 24.2 Å². The van der Waals surface area contributed by atoms with Gasteiger partial charge in [0.1, 0.15) is 17.6 Å². The smallest absolute Gasteiger partial charge is 0.287 e. The van der Waals surface area contributed by atoms with E-state index in [9.17, 15) is 14.4 Å². The van der Waals surface area contributed by atoms with E-state index in [1.807, 2.05) is 19.1 Å². The van der Waals surface area contributed by atoms with Crippen LogP contribution in [0.4, 0.5) is 5.69 Å². The number of rotatable bonds is 10. The number of benzene rings is 2. The molecule has 0 radical (unpaired) electrons. The second-order valence-corrected chi connectivity index (χ2v) is 8.21. The van der Waals surface area contributed by atoms with E-state index >= 15 is 0 Å². The molecule has 2 heterocycles. The van der Waals surface area contributed by atoms with Crippen molar-refractivity contribution in [3.05, 3.63) is 108 Å². The van der Waals surface area contributed by atoms with Gasteiger partial charge in [-0.25, -0.2) is 0 Å². The lowest BCUT2D eigenvalue weighted by molar-refractivity contribution is -0.126. The molecular weight excluding hydrogens is 474 g/mol. The zero-order valence-electron chi connectivity index (χ0n) is 20.5. The van der Waals surface area contributed by atoms with E-state index in [0.717, 1.165) is 5.56 Å². The van der Waals surface area contributed by atoms with Crippen LogP contribution in [-0.4, -0.2) is 31.4 Å². The van der Waals surface area contributed by atoms with Gasteiger partial charge in [0.2, 0.25) is 11.8 Å². The molecule has 0 saturated carbocycles.